The van der Waals surface area contributed by atoms with Crippen LogP contribution in [0.3, 0.4) is 0 Å². The minimum absolute atomic E-state index is 0.282. The van der Waals surface area contributed by atoms with E-state index < -0.39 is 17.8 Å². The van der Waals surface area contributed by atoms with Crippen LogP contribution in [0.4, 0.5) is 0 Å². The molecule has 1 rings (SSSR count). The Kier molecular flexibility index (Phi) is 2.98. The number of hydrogen-bond donors (Lipinski definition) is 1. The Morgan fingerprint density at radius 3 is 2.79 bits per heavy atom. The molecule has 0 amide bonds. The van der Waals surface area contributed by atoms with E-state index >= 15 is 0 Å². The van der Waals surface area contributed by atoms with Gasteiger partial charge in [-0.3, -0.25) is 4.79 Å². The van der Waals surface area contributed by atoms with E-state index in [1.54, 1.807) is 17.5 Å². The van der Waals surface area contributed by atoms with Gasteiger partial charge in [-0.2, -0.15) is 10.5 Å². The largest absolute Gasteiger partial charge is 0.368 e. The molecule has 0 aliphatic rings. The fourth-order valence-corrected chi connectivity index (χ4v) is 1.63. The summed E-state index contributed by atoms with van der Waals surface area (Å²) in [5.41, 5.74) is -2.21. The van der Waals surface area contributed by atoms with E-state index in [-0.39, 0.29) is 4.88 Å². The average Bonchev–Trinajstić information content (AvgIpc) is 2.69. The summed E-state index contributed by atoms with van der Waals surface area (Å²) < 4.78 is 0. The lowest BCUT2D eigenvalue weighted by molar-refractivity contribution is 0.0575. The van der Waals surface area contributed by atoms with Crippen molar-refractivity contribution in [3.8, 4) is 12.1 Å². The van der Waals surface area contributed by atoms with Crippen molar-refractivity contribution in [1.82, 2.24) is 0 Å². The summed E-state index contributed by atoms with van der Waals surface area (Å²) in [6, 6.07) is 6.22. The summed E-state index contributed by atoms with van der Waals surface area (Å²) in [5, 5.41) is 28.2. The van der Waals surface area contributed by atoms with Crippen LogP contribution in [0.15, 0.2) is 17.5 Å². The molecule has 4 nitrogen and oxygen atoms in total. The minimum Gasteiger partial charge on any atom is -0.368 e. The third kappa shape index (κ3) is 1.80. The number of nitrogens with zero attached hydrogens (tertiary/aromatic N) is 2. The van der Waals surface area contributed by atoms with Gasteiger partial charge in [-0.15, -0.1) is 11.3 Å². The predicted octanol–water partition coefficient (Wildman–Crippen LogP) is 1.10. The molecule has 14 heavy (non-hydrogen) atoms. The van der Waals surface area contributed by atoms with Crippen LogP contribution in [-0.2, 0) is 0 Å². The van der Waals surface area contributed by atoms with Crippen LogP contribution < -0.4 is 0 Å². The van der Waals surface area contributed by atoms with Crippen LogP contribution in [0, 0.1) is 22.7 Å². The van der Waals surface area contributed by atoms with E-state index in [4.69, 9.17) is 10.5 Å². The fourth-order valence-electron chi connectivity index (χ4n) is 0.897. The van der Waals surface area contributed by atoms with Crippen molar-refractivity contribution < 1.29 is 9.90 Å². The molecule has 0 saturated heterocycles. The fraction of sp³-hybridized carbons (Fsp3) is 0.222. The van der Waals surface area contributed by atoms with E-state index in [0.29, 0.717) is 0 Å². The van der Waals surface area contributed by atoms with Crippen LogP contribution in [0.25, 0.3) is 0 Å². The Morgan fingerprint density at radius 2 is 2.36 bits per heavy atom. The van der Waals surface area contributed by atoms with Gasteiger partial charge in [0.1, 0.15) is 6.07 Å². The molecule has 5 heteroatoms. The van der Waals surface area contributed by atoms with E-state index in [0.717, 1.165) is 11.3 Å². The number of carbonyl (C=O) groups excluding carboxylic acids is 1. The summed E-state index contributed by atoms with van der Waals surface area (Å²) in [6.07, 6.45) is -0.514. The highest BCUT2D eigenvalue weighted by atomic mass is 32.1. The standard InChI is InChI=1S/C9H6N2O2S/c10-4-3-9(13,6-11)8(12)7-2-1-5-14-7/h1-2,5,13H,3H2. The molecule has 0 radical (unpaired) electrons. The average molecular weight is 206 g/mol. The van der Waals surface area contributed by atoms with Gasteiger partial charge in [-0.25, -0.2) is 0 Å². The first-order valence-electron chi connectivity index (χ1n) is 3.73. The second kappa shape index (κ2) is 4.01. The van der Waals surface area contributed by atoms with Gasteiger partial charge in [0.15, 0.2) is 0 Å². The highest BCUT2D eigenvalue weighted by molar-refractivity contribution is 7.12. The number of aliphatic hydroxyl groups is 1. The molecule has 0 aliphatic carbocycles. The van der Waals surface area contributed by atoms with Crippen LogP contribution in [0.1, 0.15) is 16.1 Å². The van der Waals surface area contributed by atoms with E-state index in [1.165, 1.54) is 12.1 Å². The smallest absolute Gasteiger partial charge is 0.228 e. The van der Waals surface area contributed by atoms with Crippen LogP contribution in [0.5, 0.6) is 0 Å². The second-order valence-electron chi connectivity index (χ2n) is 2.61. The normalized spacial score (nSPS) is 13.6. The molecule has 0 saturated carbocycles. The molecule has 1 atom stereocenters. The van der Waals surface area contributed by atoms with Gasteiger partial charge in [-0.05, 0) is 11.4 Å². The lowest BCUT2D eigenvalue weighted by atomic mass is 9.96. The predicted molar refractivity (Wildman–Crippen MR) is 49.4 cm³/mol. The first kappa shape index (κ1) is 10.4. The molecule has 0 fully saturated rings. The third-order valence-corrected chi connectivity index (χ3v) is 2.51. The van der Waals surface area contributed by atoms with Crippen molar-refractivity contribution in [2.45, 2.75) is 12.0 Å². The Balaban J connectivity index is 3.00. The number of hydrogen-bond acceptors (Lipinski definition) is 5. The second-order valence-corrected chi connectivity index (χ2v) is 3.56. The van der Waals surface area contributed by atoms with Crippen molar-refractivity contribution in [1.29, 1.82) is 10.5 Å². The molecular formula is C9H6N2O2S. The van der Waals surface area contributed by atoms with E-state index in [1.807, 2.05) is 0 Å². The van der Waals surface area contributed by atoms with Gasteiger partial charge < -0.3 is 5.11 Å². The highest BCUT2D eigenvalue weighted by Crippen LogP contribution is 2.20. The zero-order valence-electron chi connectivity index (χ0n) is 7.10. The quantitative estimate of drug-likeness (QED) is 0.592. The SMILES string of the molecule is N#CCC(O)(C#N)C(=O)c1cccs1. The van der Waals surface area contributed by atoms with Gasteiger partial charge in [0, 0.05) is 0 Å². The van der Waals surface area contributed by atoms with Crippen molar-refractivity contribution >= 4 is 17.1 Å². The van der Waals surface area contributed by atoms with Crippen LogP contribution in [0.2, 0.25) is 0 Å². The van der Waals surface area contributed by atoms with Gasteiger partial charge in [0.05, 0.1) is 17.4 Å². The molecule has 0 spiro atoms. The first-order chi connectivity index (χ1) is 6.64. The van der Waals surface area contributed by atoms with E-state index in [2.05, 4.69) is 0 Å². The van der Waals surface area contributed by atoms with Gasteiger partial charge in [-0.1, -0.05) is 6.07 Å². The molecule has 0 bridgehead atoms. The molecule has 0 aliphatic heterocycles. The Labute approximate surface area is 84.6 Å². The maximum absolute atomic E-state index is 11.5. The molecule has 1 aromatic rings. The molecule has 1 unspecified atom stereocenters. The Morgan fingerprint density at radius 1 is 1.64 bits per heavy atom. The van der Waals surface area contributed by atoms with Crippen LogP contribution in [-0.4, -0.2) is 16.5 Å². The summed E-state index contributed by atoms with van der Waals surface area (Å²) in [7, 11) is 0. The van der Waals surface area contributed by atoms with Crippen molar-refractivity contribution in [3.63, 3.8) is 0 Å². The summed E-state index contributed by atoms with van der Waals surface area (Å²) in [5.74, 6) is -0.712. The van der Waals surface area contributed by atoms with Crippen molar-refractivity contribution in [2.24, 2.45) is 0 Å². The minimum atomic E-state index is -2.21. The molecule has 0 aromatic carbocycles. The molecule has 70 valence electrons. The highest BCUT2D eigenvalue weighted by Gasteiger charge is 2.37. The van der Waals surface area contributed by atoms with Crippen molar-refractivity contribution in [2.75, 3.05) is 0 Å². The first-order valence-corrected chi connectivity index (χ1v) is 4.61. The zero-order valence-corrected chi connectivity index (χ0v) is 7.91. The molecule has 1 N–H and O–H groups in total. The summed E-state index contributed by atoms with van der Waals surface area (Å²) >= 11 is 1.13. The van der Waals surface area contributed by atoms with Gasteiger partial charge in [0.2, 0.25) is 11.4 Å². The molecular weight excluding hydrogens is 200 g/mol. The zero-order chi connectivity index (χ0) is 10.6. The topological polar surface area (TPSA) is 84.9 Å². The van der Waals surface area contributed by atoms with Crippen LogP contribution >= 0.6 is 11.3 Å². The van der Waals surface area contributed by atoms with E-state index in [9.17, 15) is 9.90 Å². The number of thiophene rings is 1. The molecule has 1 heterocycles. The molecule has 1 aromatic heterocycles. The number of ketones is 1. The Bertz CT molecular complexity index is 413. The maximum Gasteiger partial charge on any atom is 0.228 e. The van der Waals surface area contributed by atoms with Gasteiger partial charge in [0.25, 0.3) is 0 Å². The Hall–Kier alpha value is -1.69. The lowest BCUT2D eigenvalue weighted by Gasteiger charge is -2.13. The third-order valence-electron chi connectivity index (χ3n) is 1.64. The van der Waals surface area contributed by atoms with Gasteiger partial charge >= 0.3 is 0 Å². The number of nitriles is 2. The summed E-state index contributed by atoms with van der Waals surface area (Å²) in [4.78, 5) is 11.8. The summed E-state index contributed by atoms with van der Waals surface area (Å²) in [6.45, 7) is 0. The lowest BCUT2D eigenvalue weighted by Crippen LogP contribution is -2.36. The maximum atomic E-state index is 11.5. The number of carbonyl (C=O) groups is 1. The van der Waals surface area contributed by atoms with Crippen molar-refractivity contribution in [3.05, 3.63) is 22.4 Å². The monoisotopic (exact) mass is 206 g/mol. The number of rotatable bonds is 3. The number of Topliss-reactive ketones (excluding diaryl/α,β-unsaturated/α-hetero) is 1.